The van der Waals surface area contributed by atoms with E-state index >= 15 is 0 Å². The predicted octanol–water partition coefficient (Wildman–Crippen LogP) is 5.58. The SMILES string of the molecule is O=C(NN=C1CCC(c2ccccc2)CC1)c1cccc(S(=O)(=O)Nc2cccc(Cl)c2)c1. The number of benzene rings is 3. The summed E-state index contributed by atoms with van der Waals surface area (Å²) in [5.74, 6) is 0.0576. The van der Waals surface area contributed by atoms with Gasteiger partial charge < -0.3 is 0 Å². The molecular formula is C25H24ClN3O3S. The van der Waals surface area contributed by atoms with Crippen molar-refractivity contribution in [2.45, 2.75) is 36.5 Å². The van der Waals surface area contributed by atoms with Crippen molar-refractivity contribution in [3.63, 3.8) is 0 Å². The van der Waals surface area contributed by atoms with Crippen LogP contribution >= 0.6 is 11.6 Å². The second-order valence-corrected chi connectivity index (χ2v) is 10.1. The van der Waals surface area contributed by atoms with Crippen LogP contribution < -0.4 is 10.1 Å². The largest absolute Gasteiger partial charge is 0.280 e. The molecule has 8 heteroatoms. The van der Waals surface area contributed by atoms with Gasteiger partial charge >= 0.3 is 0 Å². The molecule has 3 aromatic rings. The standard InChI is InChI=1S/C25H24ClN3O3S/c26-21-9-5-10-23(17-21)29-33(31,32)24-11-4-8-20(16-24)25(30)28-27-22-14-12-19(13-15-22)18-6-2-1-3-7-18/h1-11,16-17,19,29H,12-15H2,(H,28,30). The van der Waals surface area contributed by atoms with Gasteiger partial charge in [0.25, 0.3) is 15.9 Å². The van der Waals surface area contributed by atoms with Gasteiger partial charge in [0, 0.05) is 16.3 Å². The van der Waals surface area contributed by atoms with Crippen molar-refractivity contribution in [3.8, 4) is 0 Å². The predicted molar refractivity (Wildman–Crippen MR) is 131 cm³/mol. The van der Waals surface area contributed by atoms with Crippen molar-refractivity contribution >= 4 is 38.9 Å². The Balaban J connectivity index is 1.39. The molecule has 170 valence electrons. The van der Waals surface area contributed by atoms with E-state index in [-0.39, 0.29) is 10.5 Å². The van der Waals surface area contributed by atoms with Gasteiger partial charge in [0.15, 0.2) is 0 Å². The van der Waals surface area contributed by atoms with Crippen LogP contribution in [0.5, 0.6) is 0 Å². The third-order valence-corrected chi connectivity index (χ3v) is 7.25. The minimum absolute atomic E-state index is 0.0221. The minimum atomic E-state index is -3.88. The number of carbonyl (C=O) groups is 1. The molecule has 0 aromatic heterocycles. The van der Waals surface area contributed by atoms with E-state index in [1.165, 1.54) is 29.8 Å². The number of carbonyl (C=O) groups excluding carboxylic acids is 1. The van der Waals surface area contributed by atoms with Gasteiger partial charge in [-0.25, -0.2) is 13.8 Å². The molecule has 0 aliphatic heterocycles. The number of nitrogens with one attached hydrogen (secondary N) is 2. The lowest BCUT2D eigenvalue weighted by molar-refractivity contribution is 0.0954. The van der Waals surface area contributed by atoms with Gasteiger partial charge in [-0.1, -0.05) is 54.1 Å². The first-order valence-electron chi connectivity index (χ1n) is 10.7. The molecule has 0 bridgehead atoms. The summed E-state index contributed by atoms with van der Waals surface area (Å²) in [5, 5.41) is 4.71. The number of rotatable bonds is 6. The maximum absolute atomic E-state index is 12.7. The Morgan fingerprint density at radius 3 is 2.36 bits per heavy atom. The minimum Gasteiger partial charge on any atom is -0.280 e. The molecule has 0 spiro atoms. The Morgan fingerprint density at radius 2 is 1.64 bits per heavy atom. The Kier molecular flexibility index (Phi) is 7.11. The molecule has 0 unspecified atom stereocenters. The molecule has 0 saturated heterocycles. The summed E-state index contributed by atoms with van der Waals surface area (Å²) in [5.41, 5.74) is 5.42. The Labute approximate surface area is 198 Å². The highest BCUT2D eigenvalue weighted by Gasteiger charge is 2.20. The van der Waals surface area contributed by atoms with E-state index in [2.05, 4.69) is 39.5 Å². The Hall–Kier alpha value is -3.16. The molecule has 0 heterocycles. The summed E-state index contributed by atoms with van der Waals surface area (Å²) in [4.78, 5) is 12.6. The number of hydrogen-bond donors (Lipinski definition) is 2. The van der Waals surface area contributed by atoms with Crippen molar-refractivity contribution in [3.05, 3.63) is 95.0 Å². The molecule has 1 saturated carbocycles. The van der Waals surface area contributed by atoms with Crippen LogP contribution in [-0.2, 0) is 10.0 Å². The van der Waals surface area contributed by atoms with Gasteiger partial charge in [-0.05, 0) is 73.6 Å². The lowest BCUT2D eigenvalue weighted by atomic mass is 9.83. The lowest BCUT2D eigenvalue weighted by Crippen LogP contribution is -2.22. The smallest absolute Gasteiger partial charge is 0.271 e. The summed E-state index contributed by atoms with van der Waals surface area (Å²) < 4.78 is 27.9. The maximum atomic E-state index is 12.7. The molecule has 4 rings (SSSR count). The van der Waals surface area contributed by atoms with E-state index in [1.54, 1.807) is 24.3 Å². The van der Waals surface area contributed by atoms with Crippen LogP contribution in [0, 0.1) is 0 Å². The topological polar surface area (TPSA) is 87.6 Å². The van der Waals surface area contributed by atoms with E-state index in [0.717, 1.165) is 31.4 Å². The quantitative estimate of drug-likeness (QED) is 0.450. The van der Waals surface area contributed by atoms with Gasteiger partial charge in [-0.3, -0.25) is 9.52 Å². The first-order chi connectivity index (χ1) is 15.9. The van der Waals surface area contributed by atoms with Crippen LogP contribution in [0.15, 0.2) is 88.9 Å². The molecule has 0 atom stereocenters. The number of sulfonamides is 1. The molecule has 1 fully saturated rings. The number of amides is 1. The number of hydrogen-bond acceptors (Lipinski definition) is 4. The van der Waals surface area contributed by atoms with Crippen molar-refractivity contribution in [1.82, 2.24) is 5.43 Å². The second kappa shape index (κ2) is 10.2. The van der Waals surface area contributed by atoms with Gasteiger partial charge in [0.2, 0.25) is 0 Å². The summed E-state index contributed by atoms with van der Waals surface area (Å²) in [6.07, 6.45) is 3.61. The molecule has 2 N–H and O–H groups in total. The van der Waals surface area contributed by atoms with Crippen LogP contribution in [0.3, 0.4) is 0 Å². The highest BCUT2D eigenvalue weighted by atomic mass is 35.5. The molecule has 1 amide bonds. The molecule has 33 heavy (non-hydrogen) atoms. The van der Waals surface area contributed by atoms with Crippen molar-refractivity contribution < 1.29 is 13.2 Å². The fourth-order valence-electron chi connectivity index (χ4n) is 3.89. The fraction of sp³-hybridized carbons (Fsp3) is 0.200. The fourth-order valence-corrected chi connectivity index (χ4v) is 5.17. The number of anilines is 1. The highest BCUT2D eigenvalue weighted by molar-refractivity contribution is 7.92. The molecule has 1 aliphatic carbocycles. The van der Waals surface area contributed by atoms with Crippen LogP contribution in [0.25, 0.3) is 0 Å². The second-order valence-electron chi connectivity index (χ2n) is 7.95. The van der Waals surface area contributed by atoms with Crippen LogP contribution in [-0.4, -0.2) is 20.0 Å². The molecule has 0 radical (unpaired) electrons. The highest BCUT2D eigenvalue weighted by Crippen LogP contribution is 2.31. The zero-order valence-electron chi connectivity index (χ0n) is 17.9. The summed E-state index contributed by atoms with van der Waals surface area (Å²) in [6, 6.07) is 22.7. The van der Waals surface area contributed by atoms with Crippen molar-refractivity contribution in [2.75, 3.05) is 4.72 Å². The van der Waals surface area contributed by atoms with Gasteiger partial charge in [0.05, 0.1) is 10.6 Å². The van der Waals surface area contributed by atoms with Crippen molar-refractivity contribution in [2.24, 2.45) is 5.10 Å². The first kappa shape index (κ1) is 23.0. The van der Waals surface area contributed by atoms with Gasteiger partial charge in [-0.2, -0.15) is 5.10 Å². The van der Waals surface area contributed by atoms with E-state index in [4.69, 9.17) is 11.6 Å². The average molecular weight is 482 g/mol. The Morgan fingerprint density at radius 1 is 0.909 bits per heavy atom. The van der Waals surface area contributed by atoms with Crippen LogP contribution in [0.1, 0.15) is 47.5 Å². The average Bonchev–Trinajstić information content (AvgIpc) is 2.83. The molecule has 6 nitrogen and oxygen atoms in total. The zero-order chi connectivity index (χ0) is 23.3. The van der Waals surface area contributed by atoms with Crippen LogP contribution in [0.2, 0.25) is 5.02 Å². The first-order valence-corrected chi connectivity index (χ1v) is 12.6. The third-order valence-electron chi connectivity index (χ3n) is 5.63. The monoisotopic (exact) mass is 481 g/mol. The number of nitrogens with zero attached hydrogens (tertiary/aromatic N) is 1. The summed E-state index contributed by atoms with van der Waals surface area (Å²) >= 11 is 5.92. The van der Waals surface area contributed by atoms with E-state index in [9.17, 15) is 13.2 Å². The van der Waals surface area contributed by atoms with E-state index in [1.807, 2.05) is 6.07 Å². The van der Waals surface area contributed by atoms with Gasteiger partial charge in [0.1, 0.15) is 0 Å². The summed E-state index contributed by atoms with van der Waals surface area (Å²) in [7, 11) is -3.88. The number of halogens is 1. The lowest BCUT2D eigenvalue weighted by Gasteiger charge is -2.23. The molecular weight excluding hydrogens is 458 g/mol. The van der Waals surface area contributed by atoms with Crippen LogP contribution in [0.4, 0.5) is 5.69 Å². The van der Waals surface area contributed by atoms with E-state index < -0.39 is 15.9 Å². The van der Waals surface area contributed by atoms with Crippen molar-refractivity contribution in [1.29, 1.82) is 0 Å². The van der Waals surface area contributed by atoms with E-state index in [0.29, 0.717) is 16.6 Å². The molecule has 3 aromatic carbocycles. The summed E-state index contributed by atoms with van der Waals surface area (Å²) in [6.45, 7) is 0. The zero-order valence-corrected chi connectivity index (χ0v) is 19.4. The Bertz CT molecular complexity index is 1270. The molecule has 1 aliphatic rings. The third kappa shape index (κ3) is 6.00. The number of hydrazone groups is 1. The maximum Gasteiger partial charge on any atom is 0.271 e. The van der Waals surface area contributed by atoms with Gasteiger partial charge in [-0.15, -0.1) is 0 Å². The normalized spacial score (nSPS) is 16.2.